The Bertz CT molecular complexity index is 126. The van der Waals surface area contributed by atoms with Gasteiger partial charge in [-0.3, -0.25) is 4.79 Å². The SMILES string of the molecule is CC.CCNC(CC(C)C)C(C)=O.[HH]. The zero-order valence-electron chi connectivity index (χ0n) is 9.98. The maximum Gasteiger partial charge on any atom is 0.146 e. The Labute approximate surface area is 84.6 Å². The molecule has 0 fully saturated rings. The monoisotopic (exact) mass is 189 g/mol. The van der Waals surface area contributed by atoms with Crippen molar-refractivity contribution in [2.45, 2.75) is 54.0 Å². The number of nitrogens with one attached hydrogen (secondary N) is 1. The number of Topliss-reactive ketones (excluding diaryl/α,β-unsaturated/α-hetero) is 1. The van der Waals surface area contributed by atoms with Crippen LogP contribution >= 0.6 is 0 Å². The van der Waals surface area contributed by atoms with Crippen LogP contribution in [0.1, 0.15) is 49.4 Å². The molecule has 1 atom stereocenters. The molecule has 0 aromatic rings. The number of hydrogen-bond donors (Lipinski definition) is 1. The molecular weight excluding hydrogens is 162 g/mol. The Morgan fingerprint density at radius 1 is 1.38 bits per heavy atom. The second kappa shape index (κ2) is 9.72. The van der Waals surface area contributed by atoms with Gasteiger partial charge >= 0.3 is 0 Å². The molecule has 0 radical (unpaired) electrons. The highest BCUT2D eigenvalue weighted by Crippen LogP contribution is 2.04. The van der Waals surface area contributed by atoms with Crippen molar-refractivity contribution in [1.82, 2.24) is 5.32 Å². The van der Waals surface area contributed by atoms with E-state index in [9.17, 15) is 4.79 Å². The average Bonchev–Trinajstić information content (AvgIpc) is 2.06. The third-order valence-electron chi connectivity index (χ3n) is 1.65. The van der Waals surface area contributed by atoms with Crippen molar-refractivity contribution in [3.63, 3.8) is 0 Å². The van der Waals surface area contributed by atoms with Crippen LogP contribution in [-0.4, -0.2) is 18.4 Å². The third-order valence-corrected chi connectivity index (χ3v) is 1.65. The maximum absolute atomic E-state index is 11.0. The first-order valence-corrected chi connectivity index (χ1v) is 5.31. The molecule has 0 saturated heterocycles. The van der Waals surface area contributed by atoms with Crippen molar-refractivity contribution in [2.75, 3.05) is 6.54 Å². The molecule has 13 heavy (non-hydrogen) atoms. The molecule has 0 aliphatic carbocycles. The minimum Gasteiger partial charge on any atom is -0.308 e. The molecule has 1 unspecified atom stereocenters. The van der Waals surface area contributed by atoms with Crippen LogP contribution in [0.5, 0.6) is 0 Å². The van der Waals surface area contributed by atoms with Crippen molar-refractivity contribution in [3.05, 3.63) is 0 Å². The van der Waals surface area contributed by atoms with E-state index in [0.717, 1.165) is 13.0 Å². The molecule has 0 aromatic heterocycles. The number of carbonyl (C=O) groups is 1. The Hall–Kier alpha value is -0.370. The van der Waals surface area contributed by atoms with Crippen molar-refractivity contribution >= 4 is 5.78 Å². The summed E-state index contributed by atoms with van der Waals surface area (Å²) in [5, 5.41) is 3.16. The van der Waals surface area contributed by atoms with Gasteiger partial charge in [0.05, 0.1) is 6.04 Å². The van der Waals surface area contributed by atoms with Gasteiger partial charge in [0, 0.05) is 1.43 Å². The maximum atomic E-state index is 11.0. The van der Waals surface area contributed by atoms with Gasteiger partial charge in [-0.25, -0.2) is 0 Å². The third kappa shape index (κ3) is 9.54. The summed E-state index contributed by atoms with van der Waals surface area (Å²) >= 11 is 0. The second-order valence-electron chi connectivity index (χ2n) is 3.35. The molecule has 0 aliphatic heterocycles. The molecule has 1 N–H and O–H groups in total. The highest BCUT2D eigenvalue weighted by molar-refractivity contribution is 5.81. The number of hydrogen-bond acceptors (Lipinski definition) is 2. The Balaban J connectivity index is -0.000000376. The Morgan fingerprint density at radius 2 is 1.85 bits per heavy atom. The van der Waals surface area contributed by atoms with Crippen LogP contribution in [0.25, 0.3) is 0 Å². The van der Waals surface area contributed by atoms with E-state index in [1.165, 1.54) is 0 Å². The van der Waals surface area contributed by atoms with Gasteiger partial charge in [0.15, 0.2) is 0 Å². The molecule has 2 heteroatoms. The molecule has 0 amide bonds. The molecule has 0 rings (SSSR count). The van der Waals surface area contributed by atoms with E-state index in [4.69, 9.17) is 0 Å². The largest absolute Gasteiger partial charge is 0.308 e. The first-order valence-electron chi connectivity index (χ1n) is 5.31. The summed E-state index contributed by atoms with van der Waals surface area (Å²) in [7, 11) is 0. The fourth-order valence-corrected chi connectivity index (χ4v) is 1.11. The van der Waals surface area contributed by atoms with E-state index < -0.39 is 0 Å². The van der Waals surface area contributed by atoms with E-state index >= 15 is 0 Å². The molecular formula is C11H27NO. The van der Waals surface area contributed by atoms with Crippen LogP contribution < -0.4 is 5.32 Å². The Kier molecular flexibility index (Phi) is 11.3. The van der Waals surface area contributed by atoms with Crippen LogP contribution in [0, 0.1) is 5.92 Å². The number of likely N-dealkylation sites (N-methyl/N-ethyl adjacent to an activating group) is 1. The van der Waals surface area contributed by atoms with Crippen LogP contribution in [0.4, 0.5) is 0 Å². The number of rotatable bonds is 5. The first-order chi connectivity index (χ1) is 6.07. The van der Waals surface area contributed by atoms with E-state index in [1.54, 1.807) is 6.92 Å². The van der Waals surface area contributed by atoms with Gasteiger partial charge in [0.1, 0.15) is 5.78 Å². The lowest BCUT2D eigenvalue weighted by Crippen LogP contribution is -2.36. The predicted molar refractivity (Wildman–Crippen MR) is 61.1 cm³/mol. The average molecular weight is 189 g/mol. The molecule has 0 aliphatic rings. The number of carbonyl (C=O) groups excluding carboxylic acids is 1. The van der Waals surface area contributed by atoms with E-state index in [2.05, 4.69) is 19.2 Å². The van der Waals surface area contributed by atoms with E-state index in [-0.39, 0.29) is 13.3 Å². The lowest BCUT2D eigenvalue weighted by Gasteiger charge is -2.16. The minimum absolute atomic E-state index is 0. The molecule has 0 bridgehead atoms. The summed E-state index contributed by atoms with van der Waals surface area (Å²) in [6.45, 7) is 12.8. The van der Waals surface area contributed by atoms with Crippen molar-refractivity contribution in [2.24, 2.45) is 5.92 Å². The van der Waals surface area contributed by atoms with E-state index in [1.807, 2.05) is 20.8 Å². The smallest absolute Gasteiger partial charge is 0.146 e. The van der Waals surface area contributed by atoms with Crippen molar-refractivity contribution < 1.29 is 6.22 Å². The summed E-state index contributed by atoms with van der Waals surface area (Å²) in [5.74, 6) is 0.837. The molecule has 0 saturated carbocycles. The fourth-order valence-electron chi connectivity index (χ4n) is 1.11. The minimum atomic E-state index is 0. The highest BCUT2D eigenvalue weighted by atomic mass is 16.1. The van der Waals surface area contributed by atoms with Crippen LogP contribution in [0.15, 0.2) is 0 Å². The second-order valence-corrected chi connectivity index (χ2v) is 3.35. The van der Waals surface area contributed by atoms with Gasteiger partial charge in [0.25, 0.3) is 0 Å². The van der Waals surface area contributed by atoms with Crippen molar-refractivity contribution in [3.8, 4) is 0 Å². The van der Waals surface area contributed by atoms with Crippen LogP contribution in [-0.2, 0) is 4.79 Å². The van der Waals surface area contributed by atoms with Gasteiger partial charge in [-0.05, 0) is 25.8 Å². The quantitative estimate of drug-likeness (QED) is 0.720. The van der Waals surface area contributed by atoms with Crippen molar-refractivity contribution in [1.29, 1.82) is 0 Å². The normalized spacial score (nSPS) is 11.9. The summed E-state index contributed by atoms with van der Waals surface area (Å²) < 4.78 is 0. The zero-order valence-corrected chi connectivity index (χ0v) is 9.98. The lowest BCUT2D eigenvalue weighted by molar-refractivity contribution is -0.119. The van der Waals surface area contributed by atoms with Crippen LogP contribution in [0.2, 0.25) is 0 Å². The summed E-state index contributed by atoms with van der Waals surface area (Å²) in [6, 6.07) is 0.0694. The zero-order chi connectivity index (χ0) is 10.9. The van der Waals surface area contributed by atoms with Gasteiger partial charge in [-0.1, -0.05) is 34.6 Å². The molecule has 0 heterocycles. The van der Waals surface area contributed by atoms with E-state index in [0.29, 0.717) is 5.92 Å². The summed E-state index contributed by atoms with van der Waals surface area (Å²) in [6.07, 6.45) is 0.948. The molecule has 0 aromatic carbocycles. The lowest BCUT2D eigenvalue weighted by atomic mass is 10.0. The van der Waals surface area contributed by atoms with Crippen LogP contribution in [0.3, 0.4) is 0 Å². The van der Waals surface area contributed by atoms with Gasteiger partial charge in [-0.15, -0.1) is 0 Å². The van der Waals surface area contributed by atoms with Gasteiger partial charge in [0.2, 0.25) is 0 Å². The summed E-state index contributed by atoms with van der Waals surface area (Å²) in [4.78, 5) is 11.0. The first kappa shape index (κ1) is 15.1. The molecule has 82 valence electrons. The standard InChI is InChI=1S/C9H19NO.C2H6.H2/c1-5-10-9(8(4)11)6-7(2)3;1-2;/h7,9-10H,5-6H2,1-4H3;1-2H3;1H. The molecule has 2 nitrogen and oxygen atoms in total. The highest BCUT2D eigenvalue weighted by Gasteiger charge is 2.13. The molecule has 0 spiro atoms. The number of ketones is 1. The topological polar surface area (TPSA) is 29.1 Å². The Morgan fingerprint density at radius 3 is 2.08 bits per heavy atom. The predicted octanol–water partition coefficient (Wildman–Crippen LogP) is 2.87. The fraction of sp³-hybridized carbons (Fsp3) is 0.909. The van der Waals surface area contributed by atoms with Gasteiger partial charge in [-0.2, -0.15) is 0 Å². The van der Waals surface area contributed by atoms with Gasteiger partial charge < -0.3 is 5.32 Å². The summed E-state index contributed by atoms with van der Waals surface area (Å²) in [5.41, 5.74) is 0.